The monoisotopic (exact) mass is 226 g/mol. The summed E-state index contributed by atoms with van der Waals surface area (Å²) in [5.41, 5.74) is 7.43. The van der Waals surface area contributed by atoms with E-state index in [0.29, 0.717) is 0 Å². The summed E-state index contributed by atoms with van der Waals surface area (Å²) in [4.78, 5) is 33.1. The number of aromatic nitrogens is 2. The van der Waals surface area contributed by atoms with E-state index in [0.717, 1.165) is 0 Å². The molecule has 0 aliphatic rings. The fourth-order valence-corrected chi connectivity index (χ4v) is 0.916. The van der Waals surface area contributed by atoms with E-state index < -0.39 is 11.9 Å². The number of aromatic carboxylic acids is 1. The molecule has 1 aromatic rings. The summed E-state index contributed by atoms with van der Waals surface area (Å²) in [6, 6.07) is 0. The van der Waals surface area contributed by atoms with Crippen molar-refractivity contribution >= 4 is 11.9 Å². The number of nitrogens with two attached hydrogens (primary N) is 1. The second-order valence-corrected chi connectivity index (χ2v) is 2.76. The summed E-state index contributed by atoms with van der Waals surface area (Å²) in [5.74, 6) is -1.76. The Balaban J connectivity index is 2.53. The van der Waals surface area contributed by atoms with Gasteiger partial charge in [-0.2, -0.15) is 5.48 Å². The fraction of sp³-hybridized carbons (Fsp3) is 0.250. The molecule has 16 heavy (non-hydrogen) atoms. The first kappa shape index (κ1) is 12.0. The Kier molecular flexibility index (Phi) is 4.30. The van der Waals surface area contributed by atoms with Crippen LogP contribution in [0.2, 0.25) is 0 Å². The van der Waals surface area contributed by atoms with Crippen LogP contribution < -0.4 is 11.2 Å². The summed E-state index contributed by atoms with van der Waals surface area (Å²) in [5, 5.41) is 8.79. The number of carbonyl (C=O) groups is 2. The molecule has 0 aliphatic carbocycles. The number of primary amides is 1. The molecule has 0 saturated heterocycles. The van der Waals surface area contributed by atoms with Crippen molar-refractivity contribution in [3.8, 4) is 0 Å². The van der Waals surface area contributed by atoms with E-state index in [1.165, 1.54) is 12.5 Å². The molecule has 1 aromatic heterocycles. The zero-order valence-electron chi connectivity index (χ0n) is 8.21. The van der Waals surface area contributed by atoms with Gasteiger partial charge in [-0.3, -0.25) is 9.63 Å². The van der Waals surface area contributed by atoms with Crippen LogP contribution in [-0.4, -0.2) is 33.6 Å². The van der Waals surface area contributed by atoms with Crippen LogP contribution in [0, 0.1) is 0 Å². The smallest absolute Gasteiger partial charge is 0.339 e. The number of hydrogen-bond donors (Lipinski definition) is 3. The van der Waals surface area contributed by atoms with Gasteiger partial charge in [0.2, 0.25) is 5.91 Å². The third-order valence-electron chi connectivity index (χ3n) is 1.58. The van der Waals surface area contributed by atoms with Crippen LogP contribution in [0.5, 0.6) is 0 Å². The Morgan fingerprint density at radius 1 is 1.56 bits per heavy atom. The van der Waals surface area contributed by atoms with E-state index in [1.54, 1.807) is 0 Å². The molecule has 0 spiro atoms. The molecule has 4 N–H and O–H groups in total. The molecule has 0 bridgehead atoms. The number of carboxylic acid groups (broad SMARTS) is 1. The normalized spacial score (nSPS) is 10.0. The average Bonchev–Trinajstić information content (AvgIpc) is 2.24. The first-order valence-electron chi connectivity index (χ1n) is 4.26. The van der Waals surface area contributed by atoms with Crippen LogP contribution >= 0.6 is 0 Å². The minimum Gasteiger partial charge on any atom is -0.478 e. The molecule has 0 radical (unpaired) electrons. The molecule has 8 nitrogen and oxygen atoms in total. The molecule has 86 valence electrons. The Hall–Kier alpha value is -2.06. The van der Waals surface area contributed by atoms with Gasteiger partial charge in [0.05, 0.1) is 12.2 Å². The van der Waals surface area contributed by atoms with Crippen molar-refractivity contribution in [2.45, 2.75) is 6.54 Å². The molecule has 0 aliphatic heterocycles. The minimum atomic E-state index is -1.13. The second kappa shape index (κ2) is 5.73. The van der Waals surface area contributed by atoms with Gasteiger partial charge in [0, 0.05) is 6.20 Å². The van der Waals surface area contributed by atoms with Crippen molar-refractivity contribution in [1.82, 2.24) is 15.4 Å². The van der Waals surface area contributed by atoms with E-state index in [2.05, 4.69) is 20.3 Å². The molecule has 0 unspecified atom stereocenters. The van der Waals surface area contributed by atoms with Gasteiger partial charge in [-0.1, -0.05) is 0 Å². The fourth-order valence-electron chi connectivity index (χ4n) is 0.916. The Labute approximate surface area is 90.4 Å². The number of amides is 1. The third-order valence-corrected chi connectivity index (χ3v) is 1.58. The lowest BCUT2D eigenvalue weighted by molar-refractivity contribution is -0.125. The molecule has 1 heterocycles. The number of nitrogens with one attached hydrogen (secondary N) is 1. The van der Waals surface area contributed by atoms with Gasteiger partial charge in [-0.05, 0) is 0 Å². The van der Waals surface area contributed by atoms with Gasteiger partial charge in [-0.25, -0.2) is 14.8 Å². The minimum absolute atomic E-state index is 0.0299. The molecular weight excluding hydrogens is 216 g/mol. The molecule has 1 amide bonds. The number of hydroxylamine groups is 1. The second-order valence-electron chi connectivity index (χ2n) is 2.76. The predicted octanol–water partition coefficient (Wildman–Crippen LogP) is -1.32. The lowest BCUT2D eigenvalue weighted by atomic mass is 10.2. The standard InChI is InChI=1S/C8H10N4O4/c9-7(13)3-16-12-2-6-5(8(14)15)1-10-4-11-6/h1,4,12H,2-3H2,(H2,9,13)(H,14,15). The maximum absolute atomic E-state index is 10.7. The highest BCUT2D eigenvalue weighted by Gasteiger charge is 2.10. The maximum atomic E-state index is 10.7. The molecule has 1 rings (SSSR count). The zero-order chi connectivity index (χ0) is 12.0. The van der Waals surface area contributed by atoms with Gasteiger partial charge in [0.25, 0.3) is 0 Å². The van der Waals surface area contributed by atoms with Crippen molar-refractivity contribution in [3.63, 3.8) is 0 Å². The van der Waals surface area contributed by atoms with E-state index in [1.807, 2.05) is 0 Å². The van der Waals surface area contributed by atoms with Crippen LogP contribution in [0.3, 0.4) is 0 Å². The Morgan fingerprint density at radius 3 is 2.94 bits per heavy atom. The Morgan fingerprint density at radius 2 is 2.31 bits per heavy atom. The lowest BCUT2D eigenvalue weighted by Crippen LogP contribution is -2.25. The van der Waals surface area contributed by atoms with E-state index in [-0.39, 0.29) is 24.4 Å². The first-order valence-corrected chi connectivity index (χ1v) is 4.26. The van der Waals surface area contributed by atoms with Gasteiger partial charge in [-0.15, -0.1) is 0 Å². The summed E-state index contributed by atoms with van der Waals surface area (Å²) in [6.45, 7) is -0.259. The van der Waals surface area contributed by atoms with E-state index in [9.17, 15) is 9.59 Å². The van der Waals surface area contributed by atoms with Gasteiger partial charge in [0.15, 0.2) is 0 Å². The number of carbonyl (C=O) groups excluding carboxylic acids is 1. The number of carboxylic acids is 1. The first-order chi connectivity index (χ1) is 7.61. The van der Waals surface area contributed by atoms with Crippen LogP contribution in [0.4, 0.5) is 0 Å². The van der Waals surface area contributed by atoms with Crippen molar-refractivity contribution in [2.24, 2.45) is 5.73 Å². The van der Waals surface area contributed by atoms with Gasteiger partial charge < -0.3 is 10.8 Å². The summed E-state index contributed by atoms with van der Waals surface area (Å²) >= 11 is 0. The average molecular weight is 226 g/mol. The number of nitrogens with zero attached hydrogens (tertiary/aromatic N) is 2. The third kappa shape index (κ3) is 3.59. The molecular formula is C8H10N4O4. The lowest BCUT2D eigenvalue weighted by Gasteiger charge is -2.05. The van der Waals surface area contributed by atoms with Crippen molar-refractivity contribution < 1.29 is 19.5 Å². The topological polar surface area (TPSA) is 127 Å². The van der Waals surface area contributed by atoms with Crippen molar-refractivity contribution in [2.75, 3.05) is 6.61 Å². The highest BCUT2D eigenvalue weighted by atomic mass is 16.6. The number of rotatable bonds is 6. The molecule has 8 heteroatoms. The maximum Gasteiger partial charge on any atom is 0.339 e. The van der Waals surface area contributed by atoms with E-state index >= 15 is 0 Å². The molecule has 0 atom stereocenters. The van der Waals surface area contributed by atoms with Gasteiger partial charge in [0.1, 0.15) is 18.5 Å². The SMILES string of the molecule is NC(=O)CONCc1ncncc1C(=O)O. The molecule has 0 aromatic carbocycles. The Bertz CT molecular complexity index is 395. The largest absolute Gasteiger partial charge is 0.478 e. The quantitative estimate of drug-likeness (QED) is 0.405. The predicted molar refractivity (Wildman–Crippen MR) is 51.0 cm³/mol. The van der Waals surface area contributed by atoms with Crippen LogP contribution in [-0.2, 0) is 16.2 Å². The van der Waals surface area contributed by atoms with Crippen molar-refractivity contribution in [3.05, 3.63) is 23.8 Å². The van der Waals surface area contributed by atoms with Crippen molar-refractivity contribution in [1.29, 1.82) is 0 Å². The summed E-state index contributed by atoms with van der Waals surface area (Å²) in [7, 11) is 0. The van der Waals surface area contributed by atoms with E-state index in [4.69, 9.17) is 10.8 Å². The highest BCUT2D eigenvalue weighted by Crippen LogP contribution is 2.02. The van der Waals surface area contributed by atoms with Crippen LogP contribution in [0.1, 0.15) is 16.1 Å². The van der Waals surface area contributed by atoms with Crippen LogP contribution in [0.15, 0.2) is 12.5 Å². The number of hydrogen-bond acceptors (Lipinski definition) is 6. The summed E-state index contributed by atoms with van der Waals surface area (Å²) in [6.07, 6.45) is 2.40. The molecule has 0 fully saturated rings. The van der Waals surface area contributed by atoms with Crippen LogP contribution in [0.25, 0.3) is 0 Å². The highest BCUT2D eigenvalue weighted by molar-refractivity contribution is 5.88. The molecule has 0 saturated carbocycles. The summed E-state index contributed by atoms with van der Waals surface area (Å²) < 4.78 is 0. The zero-order valence-corrected chi connectivity index (χ0v) is 8.21. The van der Waals surface area contributed by atoms with Gasteiger partial charge >= 0.3 is 5.97 Å².